The SMILES string of the molecule is CCNCC(Cc1ccccc1Br)Cc1cc(C)nn1C. The fraction of sp³-hybridized carbons (Fsp3) is 0.471. The maximum atomic E-state index is 4.46. The topological polar surface area (TPSA) is 29.9 Å². The molecule has 2 rings (SSSR count). The van der Waals surface area contributed by atoms with Crippen molar-refractivity contribution < 1.29 is 0 Å². The van der Waals surface area contributed by atoms with Gasteiger partial charge in [0, 0.05) is 17.2 Å². The van der Waals surface area contributed by atoms with E-state index in [1.807, 2.05) is 11.7 Å². The monoisotopic (exact) mass is 349 g/mol. The van der Waals surface area contributed by atoms with E-state index in [1.54, 1.807) is 0 Å². The van der Waals surface area contributed by atoms with E-state index in [-0.39, 0.29) is 0 Å². The van der Waals surface area contributed by atoms with Crippen molar-refractivity contribution in [1.29, 1.82) is 0 Å². The Morgan fingerprint density at radius 2 is 2.05 bits per heavy atom. The molecule has 1 heterocycles. The Hall–Kier alpha value is -1.13. The van der Waals surface area contributed by atoms with Crippen molar-refractivity contribution in [3.05, 3.63) is 51.8 Å². The van der Waals surface area contributed by atoms with Gasteiger partial charge in [-0.1, -0.05) is 41.1 Å². The van der Waals surface area contributed by atoms with E-state index in [1.165, 1.54) is 15.7 Å². The Labute approximate surface area is 135 Å². The van der Waals surface area contributed by atoms with Crippen molar-refractivity contribution in [3.8, 4) is 0 Å². The number of benzene rings is 1. The van der Waals surface area contributed by atoms with Crippen LogP contribution in [-0.4, -0.2) is 22.9 Å². The first-order valence-electron chi connectivity index (χ1n) is 7.53. The number of hydrogen-bond donors (Lipinski definition) is 1. The van der Waals surface area contributed by atoms with Crippen molar-refractivity contribution in [2.45, 2.75) is 26.7 Å². The van der Waals surface area contributed by atoms with Gasteiger partial charge < -0.3 is 5.32 Å². The summed E-state index contributed by atoms with van der Waals surface area (Å²) in [6.45, 7) is 6.25. The maximum absolute atomic E-state index is 4.46. The maximum Gasteiger partial charge on any atom is 0.0596 e. The summed E-state index contributed by atoms with van der Waals surface area (Å²) < 4.78 is 3.21. The standard InChI is InChI=1S/C17H24BrN3/c1-4-19-12-14(10-15-7-5-6-8-17(15)18)11-16-9-13(2)20-21(16)3/h5-9,14,19H,4,10-12H2,1-3H3. The van der Waals surface area contributed by atoms with Gasteiger partial charge in [-0.3, -0.25) is 4.68 Å². The smallest absolute Gasteiger partial charge is 0.0596 e. The van der Waals surface area contributed by atoms with Crippen LogP contribution in [0.2, 0.25) is 0 Å². The number of aromatic nitrogens is 2. The molecule has 4 heteroatoms. The molecule has 1 aromatic heterocycles. The molecule has 1 atom stereocenters. The second-order valence-corrected chi connectivity index (χ2v) is 6.43. The van der Waals surface area contributed by atoms with Crippen LogP contribution in [0.15, 0.2) is 34.8 Å². The Bertz CT molecular complexity index is 577. The number of halogens is 1. The normalized spacial score (nSPS) is 12.6. The molecule has 0 spiro atoms. The zero-order chi connectivity index (χ0) is 15.2. The lowest BCUT2D eigenvalue weighted by Gasteiger charge is -2.18. The summed E-state index contributed by atoms with van der Waals surface area (Å²) in [6, 6.07) is 10.7. The van der Waals surface area contributed by atoms with Gasteiger partial charge in [0.25, 0.3) is 0 Å². The number of hydrogen-bond acceptors (Lipinski definition) is 2. The molecule has 0 radical (unpaired) electrons. The predicted octanol–water partition coefficient (Wildman–Crippen LogP) is 3.50. The molecule has 1 aromatic carbocycles. The van der Waals surface area contributed by atoms with E-state index in [4.69, 9.17) is 0 Å². The molecule has 0 aliphatic carbocycles. The van der Waals surface area contributed by atoms with Crippen LogP contribution in [-0.2, 0) is 19.9 Å². The first-order valence-corrected chi connectivity index (χ1v) is 8.33. The summed E-state index contributed by atoms with van der Waals surface area (Å²) in [7, 11) is 2.03. The third-order valence-corrected chi connectivity index (χ3v) is 4.52. The molecule has 0 saturated carbocycles. The molecule has 2 aromatic rings. The third kappa shape index (κ3) is 4.68. The largest absolute Gasteiger partial charge is 0.317 e. The molecule has 0 aliphatic heterocycles. The van der Waals surface area contributed by atoms with E-state index in [9.17, 15) is 0 Å². The van der Waals surface area contributed by atoms with E-state index >= 15 is 0 Å². The number of rotatable bonds is 7. The highest BCUT2D eigenvalue weighted by atomic mass is 79.9. The number of aryl methyl sites for hydroxylation is 2. The second-order valence-electron chi connectivity index (χ2n) is 5.57. The van der Waals surface area contributed by atoms with Crippen LogP contribution < -0.4 is 5.32 Å². The lowest BCUT2D eigenvalue weighted by Crippen LogP contribution is -2.26. The van der Waals surface area contributed by atoms with Crippen LogP contribution in [0.1, 0.15) is 23.9 Å². The number of nitrogens with one attached hydrogen (secondary N) is 1. The summed E-state index contributed by atoms with van der Waals surface area (Å²) in [5.74, 6) is 0.568. The molecule has 0 saturated heterocycles. The molecule has 114 valence electrons. The highest BCUT2D eigenvalue weighted by Gasteiger charge is 2.14. The van der Waals surface area contributed by atoms with Crippen LogP contribution in [0.4, 0.5) is 0 Å². The van der Waals surface area contributed by atoms with Gasteiger partial charge in [0.05, 0.1) is 5.69 Å². The minimum absolute atomic E-state index is 0.568. The van der Waals surface area contributed by atoms with Gasteiger partial charge in [0.15, 0.2) is 0 Å². The molecule has 3 nitrogen and oxygen atoms in total. The fourth-order valence-corrected chi connectivity index (χ4v) is 3.14. The Balaban J connectivity index is 2.11. The average molecular weight is 350 g/mol. The molecule has 21 heavy (non-hydrogen) atoms. The van der Waals surface area contributed by atoms with E-state index in [2.05, 4.69) is 70.5 Å². The van der Waals surface area contributed by atoms with Crippen molar-refractivity contribution in [3.63, 3.8) is 0 Å². The van der Waals surface area contributed by atoms with Crippen LogP contribution in [0.5, 0.6) is 0 Å². The lowest BCUT2D eigenvalue weighted by molar-refractivity contribution is 0.463. The summed E-state index contributed by atoms with van der Waals surface area (Å²) in [5, 5.41) is 7.95. The molecule has 0 aliphatic rings. The fourth-order valence-electron chi connectivity index (χ4n) is 2.69. The van der Waals surface area contributed by atoms with Crippen LogP contribution >= 0.6 is 15.9 Å². The van der Waals surface area contributed by atoms with E-state index in [0.717, 1.165) is 31.6 Å². The Kier molecular flexibility index (Phi) is 6.00. The Morgan fingerprint density at radius 3 is 2.67 bits per heavy atom. The molecule has 0 bridgehead atoms. The number of nitrogens with zero attached hydrogens (tertiary/aromatic N) is 2. The minimum Gasteiger partial charge on any atom is -0.317 e. The van der Waals surface area contributed by atoms with Crippen molar-refractivity contribution >= 4 is 15.9 Å². The van der Waals surface area contributed by atoms with E-state index < -0.39 is 0 Å². The molecule has 1 unspecified atom stereocenters. The predicted molar refractivity (Wildman–Crippen MR) is 91.5 cm³/mol. The van der Waals surface area contributed by atoms with Crippen LogP contribution in [0.3, 0.4) is 0 Å². The lowest BCUT2D eigenvalue weighted by atomic mass is 9.94. The van der Waals surface area contributed by atoms with Gasteiger partial charge >= 0.3 is 0 Å². The van der Waals surface area contributed by atoms with Crippen LogP contribution in [0.25, 0.3) is 0 Å². The second kappa shape index (κ2) is 7.76. The summed E-state index contributed by atoms with van der Waals surface area (Å²) in [6.07, 6.45) is 2.12. The summed E-state index contributed by atoms with van der Waals surface area (Å²) in [5.41, 5.74) is 3.78. The highest BCUT2D eigenvalue weighted by Crippen LogP contribution is 2.21. The zero-order valence-electron chi connectivity index (χ0n) is 13.1. The van der Waals surface area contributed by atoms with Crippen LogP contribution in [0, 0.1) is 12.8 Å². The van der Waals surface area contributed by atoms with Crippen molar-refractivity contribution in [1.82, 2.24) is 15.1 Å². The minimum atomic E-state index is 0.568. The summed E-state index contributed by atoms with van der Waals surface area (Å²) in [4.78, 5) is 0. The van der Waals surface area contributed by atoms with Gasteiger partial charge in [-0.25, -0.2) is 0 Å². The van der Waals surface area contributed by atoms with Crippen molar-refractivity contribution in [2.75, 3.05) is 13.1 Å². The zero-order valence-corrected chi connectivity index (χ0v) is 14.7. The van der Waals surface area contributed by atoms with Gasteiger partial charge in [0.1, 0.15) is 0 Å². The van der Waals surface area contributed by atoms with Gasteiger partial charge in [0.2, 0.25) is 0 Å². The first kappa shape index (κ1) is 16.2. The third-order valence-electron chi connectivity index (χ3n) is 3.75. The molecule has 0 fully saturated rings. The molecule has 1 N–H and O–H groups in total. The van der Waals surface area contributed by atoms with Gasteiger partial charge in [-0.15, -0.1) is 0 Å². The molecular weight excluding hydrogens is 326 g/mol. The van der Waals surface area contributed by atoms with Gasteiger partial charge in [-0.2, -0.15) is 5.10 Å². The quantitative estimate of drug-likeness (QED) is 0.828. The Morgan fingerprint density at radius 1 is 1.29 bits per heavy atom. The van der Waals surface area contributed by atoms with E-state index in [0.29, 0.717) is 5.92 Å². The average Bonchev–Trinajstić information content (AvgIpc) is 2.76. The summed E-state index contributed by atoms with van der Waals surface area (Å²) >= 11 is 3.66. The van der Waals surface area contributed by atoms with Gasteiger partial charge in [-0.05, 0) is 56.5 Å². The molecular formula is C17H24BrN3. The first-order chi connectivity index (χ1) is 10.1. The highest BCUT2D eigenvalue weighted by molar-refractivity contribution is 9.10. The molecule has 0 amide bonds. The van der Waals surface area contributed by atoms with Crippen molar-refractivity contribution in [2.24, 2.45) is 13.0 Å².